The van der Waals surface area contributed by atoms with Crippen molar-refractivity contribution in [3.05, 3.63) is 215 Å². The van der Waals surface area contributed by atoms with Gasteiger partial charge >= 0.3 is 0 Å². The first-order valence-electron chi connectivity index (χ1n) is 18.3. The highest BCUT2D eigenvalue weighted by Gasteiger charge is 2.35. The molecule has 0 aliphatic carbocycles. The van der Waals surface area contributed by atoms with Crippen molar-refractivity contribution in [1.82, 2.24) is 0 Å². The minimum absolute atomic E-state index is 0.485. The van der Waals surface area contributed by atoms with Crippen molar-refractivity contribution in [2.45, 2.75) is 12.8 Å². The summed E-state index contributed by atoms with van der Waals surface area (Å²) >= 11 is 3.29. The molecule has 0 amide bonds. The van der Waals surface area contributed by atoms with E-state index in [1.54, 1.807) is 22.7 Å². The molecule has 8 rings (SSSR count). The molecule has 0 radical (unpaired) electrons. The second-order valence-corrected chi connectivity index (χ2v) is 20.8. The minimum Gasteiger partial charge on any atom is -0.307 e. The molecule has 6 aromatic carbocycles. The van der Waals surface area contributed by atoms with Crippen molar-refractivity contribution in [3.63, 3.8) is 0 Å². The molecular formula is C48H38N2O2P2S2. The van der Waals surface area contributed by atoms with E-state index in [4.69, 9.17) is 9.98 Å². The Morgan fingerprint density at radius 3 is 0.946 bits per heavy atom. The van der Waals surface area contributed by atoms with Gasteiger partial charge in [-0.05, 0) is 58.3 Å². The third-order valence-electron chi connectivity index (χ3n) is 9.62. The lowest BCUT2D eigenvalue weighted by molar-refractivity contribution is 0.592. The predicted molar refractivity (Wildman–Crippen MR) is 242 cm³/mol. The molecular weight excluding hydrogens is 763 g/mol. The smallest absolute Gasteiger partial charge is 0.184 e. The Hall–Kier alpha value is -5.48. The maximum atomic E-state index is 15.4. The molecule has 0 saturated heterocycles. The van der Waals surface area contributed by atoms with Crippen LogP contribution in [0, 0.1) is 0 Å². The summed E-state index contributed by atoms with van der Waals surface area (Å²) in [7, 11) is -6.55. The monoisotopic (exact) mass is 800 g/mol. The summed E-state index contributed by atoms with van der Waals surface area (Å²) < 4.78 is 30.8. The first-order chi connectivity index (χ1) is 27.5. The fourth-order valence-corrected chi connectivity index (χ4v) is 13.9. The number of thiophene rings is 2. The van der Waals surface area contributed by atoms with E-state index in [-0.39, 0.29) is 0 Å². The molecule has 274 valence electrons. The molecule has 0 aliphatic heterocycles. The zero-order chi connectivity index (χ0) is 38.2. The van der Waals surface area contributed by atoms with Crippen molar-refractivity contribution >= 4 is 80.5 Å². The van der Waals surface area contributed by atoms with Crippen LogP contribution in [0.3, 0.4) is 0 Å². The molecule has 8 aromatic rings. The number of nitrogens with zero attached hydrogens (tertiary/aromatic N) is 2. The van der Waals surface area contributed by atoms with Gasteiger partial charge in [0, 0.05) is 43.8 Å². The largest absolute Gasteiger partial charge is 0.307 e. The summed E-state index contributed by atoms with van der Waals surface area (Å²) in [5.41, 5.74) is 4.81. The normalized spacial score (nSPS) is 12.4. The number of rotatable bonds is 13. The van der Waals surface area contributed by atoms with Crippen LogP contribution in [0.15, 0.2) is 215 Å². The van der Waals surface area contributed by atoms with E-state index in [1.807, 2.05) is 168 Å². The maximum Gasteiger partial charge on any atom is 0.184 e. The van der Waals surface area contributed by atoms with E-state index in [0.717, 1.165) is 53.5 Å². The summed E-state index contributed by atoms with van der Waals surface area (Å²) in [4.78, 5) is 12.5. The van der Waals surface area contributed by atoms with E-state index in [0.29, 0.717) is 23.7 Å². The van der Waals surface area contributed by atoms with Gasteiger partial charge in [-0.15, -0.1) is 22.7 Å². The number of hydrogen-bond acceptors (Lipinski definition) is 6. The lowest BCUT2D eigenvalue weighted by atomic mass is 10.1. The van der Waals surface area contributed by atoms with E-state index in [9.17, 15) is 0 Å². The fourth-order valence-electron chi connectivity index (χ4n) is 6.78. The van der Waals surface area contributed by atoms with Gasteiger partial charge in [-0.1, -0.05) is 158 Å². The Kier molecular flexibility index (Phi) is 11.4. The van der Waals surface area contributed by atoms with Gasteiger partial charge < -0.3 is 9.13 Å². The predicted octanol–water partition coefficient (Wildman–Crippen LogP) is 12.1. The van der Waals surface area contributed by atoms with Crippen molar-refractivity contribution in [3.8, 4) is 11.1 Å². The summed E-state index contributed by atoms with van der Waals surface area (Å²) in [6.45, 7) is 0. The SMILES string of the molecule is O=P(C(Cc1cccs1)=Nc1ccc(-c2ccc(N=C(Cc3cccs3)P(=O)(c3ccccc3)c3ccccc3)cc2)cc1)(c1ccccc1)c1ccccc1. The molecule has 0 spiro atoms. The van der Waals surface area contributed by atoms with Gasteiger partial charge in [0.05, 0.1) is 22.3 Å². The van der Waals surface area contributed by atoms with Crippen LogP contribution in [0.2, 0.25) is 0 Å². The molecule has 0 saturated carbocycles. The first kappa shape index (κ1) is 37.4. The average molecular weight is 801 g/mol. The van der Waals surface area contributed by atoms with Crippen LogP contribution in [0.25, 0.3) is 11.1 Å². The average Bonchev–Trinajstić information content (AvgIpc) is 4.00. The summed E-state index contributed by atoms with van der Waals surface area (Å²) in [6, 6.07) is 63.2. The Morgan fingerprint density at radius 2 is 0.679 bits per heavy atom. The second kappa shape index (κ2) is 17.1. The van der Waals surface area contributed by atoms with Crippen LogP contribution in [0.1, 0.15) is 9.75 Å². The molecule has 2 aromatic heterocycles. The van der Waals surface area contributed by atoms with Crippen LogP contribution in [-0.2, 0) is 22.0 Å². The highest BCUT2D eigenvalue weighted by molar-refractivity contribution is 7.93. The van der Waals surface area contributed by atoms with Gasteiger partial charge in [-0.25, -0.2) is 9.98 Å². The first-order valence-corrected chi connectivity index (χ1v) is 23.5. The standard InChI is InChI=1S/C48H38N2O2P2S2/c51-53(41-15-5-1-6-16-41,42-17-7-2-8-18-42)47(35-45-23-13-33-55-45)49-39-29-25-37(26-30-39)38-27-31-40(32-28-38)50-48(36-46-24-14-34-56-46)54(52,43-19-9-3-10-20-43)44-21-11-4-12-22-44/h1-34H,35-36H2. The van der Waals surface area contributed by atoms with Gasteiger partial charge in [0.1, 0.15) is 0 Å². The van der Waals surface area contributed by atoms with E-state index in [1.165, 1.54) is 0 Å². The second-order valence-electron chi connectivity index (χ2n) is 13.2. The van der Waals surface area contributed by atoms with Crippen molar-refractivity contribution < 1.29 is 9.13 Å². The zero-order valence-electron chi connectivity index (χ0n) is 30.5. The Balaban J connectivity index is 1.14. The van der Waals surface area contributed by atoms with Gasteiger partial charge in [0.15, 0.2) is 14.3 Å². The van der Waals surface area contributed by atoms with E-state index < -0.39 is 14.3 Å². The molecule has 4 nitrogen and oxygen atoms in total. The van der Waals surface area contributed by atoms with Crippen molar-refractivity contribution in [1.29, 1.82) is 0 Å². The van der Waals surface area contributed by atoms with Crippen molar-refractivity contribution in [2.24, 2.45) is 9.98 Å². The third-order valence-corrected chi connectivity index (χ3v) is 17.4. The number of aliphatic imine (C=N–C) groups is 2. The zero-order valence-corrected chi connectivity index (χ0v) is 33.9. The van der Waals surface area contributed by atoms with Gasteiger partial charge in [-0.3, -0.25) is 0 Å². The van der Waals surface area contributed by atoms with Gasteiger partial charge in [-0.2, -0.15) is 0 Å². The Bertz CT molecular complexity index is 2370. The van der Waals surface area contributed by atoms with Crippen LogP contribution in [0.4, 0.5) is 11.4 Å². The van der Waals surface area contributed by atoms with Crippen LogP contribution in [-0.4, -0.2) is 10.9 Å². The summed E-state index contributed by atoms with van der Waals surface area (Å²) in [5.74, 6) is 0. The van der Waals surface area contributed by atoms with Crippen LogP contribution < -0.4 is 21.2 Å². The quantitative estimate of drug-likeness (QED) is 0.0861. The topological polar surface area (TPSA) is 58.9 Å². The van der Waals surface area contributed by atoms with Crippen LogP contribution >= 0.6 is 37.0 Å². The molecule has 56 heavy (non-hydrogen) atoms. The Morgan fingerprint density at radius 1 is 0.375 bits per heavy atom. The van der Waals surface area contributed by atoms with Crippen molar-refractivity contribution in [2.75, 3.05) is 0 Å². The molecule has 0 unspecified atom stereocenters. The molecule has 0 aliphatic rings. The molecule has 2 heterocycles. The van der Waals surface area contributed by atoms with E-state index >= 15 is 9.13 Å². The summed E-state index contributed by atoms with van der Waals surface area (Å²) in [6.07, 6.45) is 0.969. The van der Waals surface area contributed by atoms with Gasteiger partial charge in [0.2, 0.25) is 0 Å². The fraction of sp³-hybridized carbons (Fsp3) is 0.0417. The maximum absolute atomic E-state index is 15.4. The minimum atomic E-state index is -3.27. The number of benzene rings is 6. The highest BCUT2D eigenvalue weighted by Crippen LogP contribution is 2.49. The molecule has 0 fully saturated rings. The highest BCUT2D eigenvalue weighted by atomic mass is 32.1. The lowest BCUT2D eigenvalue weighted by Gasteiger charge is -2.22. The third kappa shape index (κ3) is 8.07. The van der Waals surface area contributed by atoms with Crippen LogP contribution in [0.5, 0.6) is 0 Å². The van der Waals surface area contributed by atoms with Gasteiger partial charge in [0.25, 0.3) is 0 Å². The molecule has 0 N–H and O–H groups in total. The molecule has 0 bridgehead atoms. The van der Waals surface area contributed by atoms with E-state index in [2.05, 4.69) is 36.4 Å². The Labute approximate surface area is 336 Å². The molecule has 0 atom stereocenters. The molecule has 8 heteroatoms. The summed E-state index contributed by atoms with van der Waals surface area (Å²) in [5, 5.41) is 7.16. The number of hydrogen-bond donors (Lipinski definition) is 0. The lowest BCUT2D eigenvalue weighted by Crippen LogP contribution is -2.23.